The summed E-state index contributed by atoms with van der Waals surface area (Å²) in [5.74, 6) is 0.285. The summed E-state index contributed by atoms with van der Waals surface area (Å²) in [5.41, 5.74) is 2.19. The molecule has 0 saturated carbocycles. The molecule has 26 heavy (non-hydrogen) atoms. The predicted octanol–water partition coefficient (Wildman–Crippen LogP) is 2.64. The highest BCUT2D eigenvalue weighted by Crippen LogP contribution is 2.20. The molecule has 0 heterocycles. The molecule has 0 spiro atoms. The quantitative estimate of drug-likeness (QED) is 0.677. The van der Waals surface area contributed by atoms with E-state index in [-0.39, 0.29) is 11.8 Å². The lowest BCUT2D eigenvalue weighted by atomic mass is 10.1. The molecular formula is C20H24N2O4. The maximum absolute atomic E-state index is 12.5. The monoisotopic (exact) mass is 356 g/mol. The van der Waals surface area contributed by atoms with Crippen LogP contribution in [0.15, 0.2) is 48.5 Å². The van der Waals surface area contributed by atoms with Crippen molar-refractivity contribution in [1.82, 2.24) is 5.32 Å². The van der Waals surface area contributed by atoms with E-state index in [1.807, 2.05) is 30.3 Å². The van der Waals surface area contributed by atoms with Crippen LogP contribution in [0.1, 0.15) is 22.3 Å². The number of benzene rings is 2. The minimum absolute atomic E-state index is 0.00691. The number of rotatable bonds is 9. The smallest absolute Gasteiger partial charge is 0.259 e. The van der Waals surface area contributed by atoms with Crippen LogP contribution >= 0.6 is 0 Å². The van der Waals surface area contributed by atoms with Crippen molar-refractivity contribution in [3.63, 3.8) is 0 Å². The van der Waals surface area contributed by atoms with E-state index in [4.69, 9.17) is 9.47 Å². The lowest BCUT2D eigenvalue weighted by Gasteiger charge is -2.12. The molecule has 2 aromatic carbocycles. The van der Waals surface area contributed by atoms with Crippen LogP contribution in [-0.4, -0.2) is 39.2 Å². The highest BCUT2D eigenvalue weighted by Gasteiger charge is 2.12. The van der Waals surface area contributed by atoms with Gasteiger partial charge >= 0.3 is 0 Å². The first-order valence-corrected chi connectivity index (χ1v) is 8.45. The fourth-order valence-corrected chi connectivity index (χ4v) is 2.35. The molecule has 2 N–H and O–H groups in total. The van der Waals surface area contributed by atoms with E-state index in [0.29, 0.717) is 43.1 Å². The van der Waals surface area contributed by atoms with Crippen LogP contribution in [0.2, 0.25) is 0 Å². The molecular weight excluding hydrogens is 332 g/mol. The Balaban J connectivity index is 1.98. The van der Waals surface area contributed by atoms with E-state index < -0.39 is 0 Å². The Morgan fingerprint density at radius 2 is 1.73 bits per heavy atom. The molecule has 0 atom stereocenters. The molecule has 0 aliphatic rings. The van der Waals surface area contributed by atoms with E-state index in [1.165, 1.54) is 0 Å². The lowest BCUT2D eigenvalue weighted by molar-refractivity contribution is -0.120. The highest BCUT2D eigenvalue weighted by molar-refractivity contribution is 6.06. The topological polar surface area (TPSA) is 76.7 Å². The van der Waals surface area contributed by atoms with Gasteiger partial charge in [-0.1, -0.05) is 24.3 Å². The highest BCUT2D eigenvalue weighted by atomic mass is 16.5. The maximum Gasteiger partial charge on any atom is 0.259 e. The van der Waals surface area contributed by atoms with Gasteiger partial charge < -0.3 is 20.1 Å². The molecule has 0 unspecified atom stereocenters. The molecule has 2 aromatic rings. The first-order chi connectivity index (χ1) is 12.6. The molecule has 0 aliphatic carbocycles. The second-order valence-corrected chi connectivity index (χ2v) is 5.66. The first-order valence-electron chi connectivity index (χ1n) is 8.45. The number of methoxy groups -OCH3 is 1. The summed E-state index contributed by atoms with van der Waals surface area (Å²) < 4.78 is 10.6. The second-order valence-electron chi connectivity index (χ2n) is 5.66. The predicted molar refractivity (Wildman–Crippen MR) is 101 cm³/mol. The van der Waals surface area contributed by atoms with Crippen molar-refractivity contribution in [2.45, 2.75) is 12.8 Å². The number of para-hydroxylation sites is 1. The van der Waals surface area contributed by atoms with Gasteiger partial charge in [-0.3, -0.25) is 9.59 Å². The third kappa shape index (κ3) is 5.89. The van der Waals surface area contributed by atoms with Gasteiger partial charge in [-0.2, -0.15) is 0 Å². The van der Waals surface area contributed by atoms with Gasteiger partial charge in [0.2, 0.25) is 5.91 Å². The van der Waals surface area contributed by atoms with Crippen LogP contribution in [0.3, 0.4) is 0 Å². The van der Waals surface area contributed by atoms with Crippen molar-refractivity contribution in [1.29, 1.82) is 0 Å². The molecule has 0 aliphatic heterocycles. The van der Waals surface area contributed by atoms with Crippen LogP contribution in [0.25, 0.3) is 0 Å². The van der Waals surface area contributed by atoms with Gasteiger partial charge in [-0.15, -0.1) is 0 Å². The van der Waals surface area contributed by atoms with Gasteiger partial charge in [0.25, 0.3) is 5.91 Å². The Morgan fingerprint density at radius 3 is 2.42 bits per heavy atom. The van der Waals surface area contributed by atoms with Gasteiger partial charge in [-0.25, -0.2) is 0 Å². The van der Waals surface area contributed by atoms with Crippen LogP contribution in [0.4, 0.5) is 5.69 Å². The minimum atomic E-state index is -0.240. The van der Waals surface area contributed by atoms with Crippen LogP contribution in [-0.2, 0) is 16.0 Å². The summed E-state index contributed by atoms with van der Waals surface area (Å²) in [6.07, 6.45) is 1.10. The average Bonchev–Trinajstić information content (AvgIpc) is 2.67. The van der Waals surface area contributed by atoms with Crippen LogP contribution in [0, 0.1) is 0 Å². The summed E-state index contributed by atoms with van der Waals surface area (Å²) in [5, 5.41) is 5.46. The van der Waals surface area contributed by atoms with E-state index in [1.54, 1.807) is 32.4 Å². The summed E-state index contributed by atoms with van der Waals surface area (Å²) in [6, 6.07) is 14.5. The van der Waals surface area contributed by atoms with Crippen LogP contribution < -0.4 is 15.4 Å². The zero-order chi connectivity index (χ0) is 18.8. The number of carbonyl (C=O) groups excluding carboxylic acids is 2. The van der Waals surface area contributed by atoms with Crippen molar-refractivity contribution in [2.24, 2.45) is 0 Å². The Bertz CT molecular complexity index is 729. The van der Waals surface area contributed by atoms with E-state index in [2.05, 4.69) is 10.6 Å². The Labute approximate surface area is 153 Å². The van der Waals surface area contributed by atoms with E-state index in [9.17, 15) is 9.59 Å². The Morgan fingerprint density at radius 1 is 1.00 bits per heavy atom. The second kappa shape index (κ2) is 10.2. The standard InChI is InChI=1S/C20H24N2O4/c1-21-19(23)12-9-15-7-10-16(11-8-15)22-20(24)17-5-3-4-6-18(17)26-14-13-25-2/h3-8,10-11H,9,12-14H2,1-2H3,(H,21,23)(H,22,24). The third-order valence-corrected chi connectivity index (χ3v) is 3.81. The molecule has 138 valence electrons. The molecule has 0 saturated heterocycles. The summed E-state index contributed by atoms with van der Waals surface area (Å²) in [7, 11) is 3.22. The molecule has 0 bridgehead atoms. The molecule has 0 aromatic heterocycles. The molecule has 0 fully saturated rings. The van der Waals surface area contributed by atoms with Crippen molar-refractivity contribution in [3.05, 3.63) is 59.7 Å². The van der Waals surface area contributed by atoms with Gasteiger partial charge in [-0.05, 0) is 36.2 Å². The number of hydrogen-bond donors (Lipinski definition) is 2. The molecule has 2 amide bonds. The SMILES string of the molecule is CNC(=O)CCc1ccc(NC(=O)c2ccccc2OCCOC)cc1. The zero-order valence-corrected chi connectivity index (χ0v) is 15.1. The number of carbonyl (C=O) groups is 2. The van der Waals surface area contributed by atoms with Crippen molar-refractivity contribution in [3.8, 4) is 5.75 Å². The third-order valence-electron chi connectivity index (χ3n) is 3.81. The molecule has 0 radical (unpaired) electrons. The number of hydrogen-bond acceptors (Lipinski definition) is 4. The number of anilines is 1. The number of aryl methyl sites for hydroxylation is 1. The van der Waals surface area contributed by atoms with Crippen molar-refractivity contribution in [2.75, 3.05) is 32.7 Å². The van der Waals surface area contributed by atoms with Crippen LogP contribution in [0.5, 0.6) is 5.75 Å². The van der Waals surface area contributed by atoms with Gasteiger partial charge in [0.1, 0.15) is 12.4 Å². The molecule has 6 nitrogen and oxygen atoms in total. The maximum atomic E-state index is 12.5. The number of nitrogens with one attached hydrogen (secondary N) is 2. The lowest BCUT2D eigenvalue weighted by Crippen LogP contribution is -2.18. The fourth-order valence-electron chi connectivity index (χ4n) is 2.35. The first kappa shape index (κ1) is 19.5. The Kier molecular flexibility index (Phi) is 7.64. The zero-order valence-electron chi connectivity index (χ0n) is 15.1. The summed E-state index contributed by atoms with van der Waals surface area (Å²) in [4.78, 5) is 23.8. The number of ether oxygens (including phenoxy) is 2. The van der Waals surface area contributed by atoms with Crippen molar-refractivity contribution < 1.29 is 19.1 Å². The fraction of sp³-hybridized carbons (Fsp3) is 0.300. The Hall–Kier alpha value is -2.86. The molecule has 6 heteroatoms. The van der Waals surface area contributed by atoms with Gasteiger partial charge in [0.05, 0.1) is 12.2 Å². The van der Waals surface area contributed by atoms with Gasteiger partial charge in [0.15, 0.2) is 0 Å². The van der Waals surface area contributed by atoms with Crippen molar-refractivity contribution >= 4 is 17.5 Å². The molecule has 2 rings (SSSR count). The van der Waals surface area contributed by atoms with Gasteiger partial charge in [0, 0.05) is 26.3 Å². The average molecular weight is 356 g/mol. The summed E-state index contributed by atoms with van der Waals surface area (Å²) >= 11 is 0. The normalized spacial score (nSPS) is 10.2. The van der Waals surface area contributed by atoms with E-state index >= 15 is 0 Å². The number of amides is 2. The minimum Gasteiger partial charge on any atom is -0.490 e. The summed E-state index contributed by atoms with van der Waals surface area (Å²) in [6.45, 7) is 0.828. The van der Waals surface area contributed by atoms with E-state index in [0.717, 1.165) is 5.56 Å². The largest absolute Gasteiger partial charge is 0.490 e.